The molecule has 1 aliphatic heterocycles. The first-order valence-corrected chi connectivity index (χ1v) is 5.96. The van der Waals surface area contributed by atoms with Crippen molar-refractivity contribution in [3.63, 3.8) is 0 Å². The van der Waals surface area contributed by atoms with Crippen molar-refractivity contribution in [2.24, 2.45) is 5.92 Å². The maximum Gasteiger partial charge on any atom is 0.0496 e. The van der Waals surface area contributed by atoms with Crippen molar-refractivity contribution in [3.05, 3.63) is 24.3 Å². The largest absolute Gasteiger partial charge is 0.384 e. The van der Waals surface area contributed by atoms with Crippen LogP contribution in [-0.2, 0) is 4.74 Å². The summed E-state index contributed by atoms with van der Waals surface area (Å²) >= 11 is 0. The maximum absolute atomic E-state index is 4.97. The highest BCUT2D eigenvalue weighted by molar-refractivity contribution is 5.04. The van der Waals surface area contributed by atoms with Crippen molar-refractivity contribution >= 4 is 0 Å². The van der Waals surface area contributed by atoms with Gasteiger partial charge in [0.1, 0.15) is 0 Å². The van der Waals surface area contributed by atoms with Gasteiger partial charge in [0.25, 0.3) is 0 Å². The molecule has 15 heavy (non-hydrogen) atoms. The third kappa shape index (κ3) is 6.47. The van der Waals surface area contributed by atoms with Gasteiger partial charge >= 0.3 is 0 Å². The molecule has 86 valence electrons. The van der Waals surface area contributed by atoms with Crippen LogP contribution in [0.25, 0.3) is 0 Å². The third-order valence-corrected chi connectivity index (χ3v) is 2.74. The molecule has 0 amide bonds. The summed E-state index contributed by atoms with van der Waals surface area (Å²) in [6.45, 7) is 3.17. The lowest BCUT2D eigenvalue weighted by molar-refractivity contribution is 0.204. The minimum absolute atomic E-state index is 0.770. The van der Waals surface area contributed by atoms with Crippen LogP contribution in [0.4, 0.5) is 0 Å². The van der Waals surface area contributed by atoms with Crippen LogP contribution in [0.5, 0.6) is 0 Å². The summed E-state index contributed by atoms with van der Waals surface area (Å²) in [7, 11) is 1.74. The fourth-order valence-corrected chi connectivity index (χ4v) is 1.82. The number of ether oxygens (including phenoxy) is 1. The highest BCUT2D eigenvalue weighted by atomic mass is 16.5. The predicted octanol–water partition coefficient (Wildman–Crippen LogP) is 2.53. The van der Waals surface area contributed by atoms with Crippen LogP contribution in [0.15, 0.2) is 24.3 Å². The molecule has 1 N–H and O–H groups in total. The molecule has 1 aliphatic rings. The van der Waals surface area contributed by atoms with E-state index in [1.807, 2.05) is 0 Å². The number of methoxy groups -OCH3 is 1. The van der Waals surface area contributed by atoms with Crippen molar-refractivity contribution in [2.75, 3.05) is 26.8 Å². The first-order valence-electron chi connectivity index (χ1n) is 5.96. The van der Waals surface area contributed by atoms with Crippen LogP contribution in [0.1, 0.15) is 25.7 Å². The Bertz CT molecular complexity index is 191. The summed E-state index contributed by atoms with van der Waals surface area (Å²) in [6, 6.07) is 0. The molecule has 1 atom stereocenters. The first kappa shape index (κ1) is 12.5. The van der Waals surface area contributed by atoms with E-state index in [-0.39, 0.29) is 0 Å². The van der Waals surface area contributed by atoms with Crippen LogP contribution in [0, 0.1) is 5.92 Å². The lowest BCUT2D eigenvalue weighted by Crippen LogP contribution is -2.13. The Labute approximate surface area is 93.4 Å². The average Bonchev–Trinajstić information content (AvgIpc) is 2.52. The number of rotatable bonds is 5. The van der Waals surface area contributed by atoms with Gasteiger partial charge in [-0.2, -0.15) is 0 Å². The highest BCUT2D eigenvalue weighted by Crippen LogP contribution is 2.14. The van der Waals surface area contributed by atoms with Gasteiger partial charge in [0.2, 0.25) is 0 Å². The molecule has 0 bridgehead atoms. The first-order chi connectivity index (χ1) is 7.43. The Morgan fingerprint density at radius 1 is 1.27 bits per heavy atom. The smallest absolute Gasteiger partial charge is 0.0496 e. The molecule has 1 saturated heterocycles. The second-order valence-corrected chi connectivity index (χ2v) is 4.04. The summed E-state index contributed by atoms with van der Waals surface area (Å²) in [5, 5.41) is 3.43. The molecular formula is C13H23NO. The van der Waals surface area contributed by atoms with Crippen LogP contribution < -0.4 is 5.32 Å². The van der Waals surface area contributed by atoms with Gasteiger partial charge in [0.05, 0.1) is 0 Å². The van der Waals surface area contributed by atoms with Gasteiger partial charge in [0.15, 0.2) is 0 Å². The van der Waals surface area contributed by atoms with E-state index >= 15 is 0 Å². The summed E-state index contributed by atoms with van der Waals surface area (Å²) in [5.74, 6) is 0.770. The van der Waals surface area contributed by atoms with Crippen LogP contribution in [0.3, 0.4) is 0 Å². The summed E-state index contributed by atoms with van der Waals surface area (Å²) < 4.78 is 4.97. The Morgan fingerprint density at radius 2 is 2.20 bits per heavy atom. The molecule has 1 fully saturated rings. The molecule has 0 aromatic carbocycles. The second-order valence-electron chi connectivity index (χ2n) is 4.04. The van der Waals surface area contributed by atoms with Gasteiger partial charge < -0.3 is 10.1 Å². The molecule has 1 heterocycles. The molecule has 1 rings (SSSR count). The van der Waals surface area contributed by atoms with Crippen molar-refractivity contribution in [3.8, 4) is 0 Å². The minimum Gasteiger partial charge on any atom is -0.384 e. The third-order valence-electron chi connectivity index (χ3n) is 2.74. The summed E-state index contributed by atoms with van der Waals surface area (Å²) in [6.07, 6.45) is 13.8. The maximum atomic E-state index is 4.97. The quantitative estimate of drug-likeness (QED) is 0.555. The summed E-state index contributed by atoms with van der Waals surface area (Å²) in [5.41, 5.74) is 0. The van der Waals surface area contributed by atoms with E-state index in [4.69, 9.17) is 4.74 Å². The lowest BCUT2D eigenvalue weighted by atomic mass is 10.0. The standard InChI is InChI=1S/C13H23NO/c1-15-12-5-3-2-4-7-13-8-6-10-14-11-9-13/h2-4,7,13-14H,5-6,8-12H2,1H3/b3-2-,7-4+. The van der Waals surface area contributed by atoms with Gasteiger partial charge in [-0.1, -0.05) is 24.3 Å². The van der Waals surface area contributed by atoms with Crippen LogP contribution >= 0.6 is 0 Å². The number of allylic oxidation sites excluding steroid dienone is 3. The molecular weight excluding hydrogens is 186 g/mol. The Balaban J connectivity index is 2.14. The SMILES string of the molecule is COCC/C=C\C=C\C1CCCNCC1. The second kappa shape index (κ2) is 8.69. The highest BCUT2D eigenvalue weighted by Gasteiger charge is 2.07. The number of nitrogens with one attached hydrogen (secondary N) is 1. The Hall–Kier alpha value is -0.600. The topological polar surface area (TPSA) is 21.3 Å². The summed E-state index contributed by atoms with van der Waals surface area (Å²) in [4.78, 5) is 0. The molecule has 1 unspecified atom stereocenters. The fraction of sp³-hybridized carbons (Fsp3) is 0.692. The molecule has 2 nitrogen and oxygen atoms in total. The van der Waals surface area contributed by atoms with Gasteiger partial charge in [-0.15, -0.1) is 0 Å². The zero-order chi connectivity index (χ0) is 10.8. The van der Waals surface area contributed by atoms with Gasteiger partial charge in [-0.25, -0.2) is 0 Å². The average molecular weight is 209 g/mol. The molecule has 0 aromatic rings. The minimum atomic E-state index is 0.770. The zero-order valence-electron chi connectivity index (χ0n) is 9.74. The molecule has 0 aromatic heterocycles. The van der Waals surface area contributed by atoms with E-state index in [0.29, 0.717) is 0 Å². The predicted molar refractivity (Wildman–Crippen MR) is 65.0 cm³/mol. The molecule has 0 saturated carbocycles. The van der Waals surface area contributed by atoms with Crippen molar-refractivity contribution < 1.29 is 4.74 Å². The van der Waals surface area contributed by atoms with E-state index in [1.165, 1.54) is 32.4 Å². The van der Waals surface area contributed by atoms with Crippen molar-refractivity contribution in [1.29, 1.82) is 0 Å². The van der Waals surface area contributed by atoms with E-state index in [2.05, 4.69) is 29.6 Å². The Kier molecular flexibility index (Phi) is 7.22. The van der Waals surface area contributed by atoms with E-state index in [9.17, 15) is 0 Å². The van der Waals surface area contributed by atoms with Crippen LogP contribution in [-0.4, -0.2) is 26.8 Å². The monoisotopic (exact) mass is 209 g/mol. The molecule has 0 radical (unpaired) electrons. The van der Waals surface area contributed by atoms with E-state index in [0.717, 1.165) is 18.9 Å². The van der Waals surface area contributed by atoms with E-state index in [1.54, 1.807) is 7.11 Å². The normalized spacial score (nSPS) is 23.7. The van der Waals surface area contributed by atoms with Gasteiger partial charge in [-0.05, 0) is 44.7 Å². The molecule has 2 heteroatoms. The molecule has 0 spiro atoms. The van der Waals surface area contributed by atoms with Gasteiger partial charge in [0, 0.05) is 13.7 Å². The van der Waals surface area contributed by atoms with E-state index < -0.39 is 0 Å². The molecule has 0 aliphatic carbocycles. The van der Waals surface area contributed by atoms with Crippen molar-refractivity contribution in [2.45, 2.75) is 25.7 Å². The lowest BCUT2D eigenvalue weighted by Gasteiger charge is -2.05. The zero-order valence-corrected chi connectivity index (χ0v) is 9.74. The number of hydrogen-bond acceptors (Lipinski definition) is 2. The Morgan fingerprint density at radius 3 is 3.07 bits per heavy atom. The van der Waals surface area contributed by atoms with Gasteiger partial charge in [-0.3, -0.25) is 0 Å². The van der Waals surface area contributed by atoms with Crippen molar-refractivity contribution in [1.82, 2.24) is 5.32 Å². The van der Waals surface area contributed by atoms with Crippen LogP contribution in [0.2, 0.25) is 0 Å². The fourth-order valence-electron chi connectivity index (χ4n) is 1.82. The number of hydrogen-bond donors (Lipinski definition) is 1.